The van der Waals surface area contributed by atoms with Gasteiger partial charge in [0.05, 0.1) is 0 Å². The Morgan fingerprint density at radius 2 is 2.11 bits per heavy atom. The fourth-order valence-electron chi connectivity index (χ4n) is 3.81. The van der Waals surface area contributed by atoms with Gasteiger partial charge in [0, 0.05) is 43.3 Å². The lowest BCUT2D eigenvalue weighted by atomic mass is 9.99. The van der Waals surface area contributed by atoms with Crippen LogP contribution in [-0.2, 0) is 6.54 Å². The second-order valence-electron chi connectivity index (χ2n) is 7.09. The smallest absolute Gasteiger partial charge is 0.322 e. The number of piperidine rings is 1. The first-order chi connectivity index (χ1) is 13.2. The standard InChI is InChI=1S/C20H26N4O3/c1-15-21-8-11-23(15)10-7-17-4-2-3-9-24(17)20(25)22-16-5-6-18-19(14-16)27-13-12-26-18/h5-6,8,11,14,17H,2-4,7,9-10,12-13H2,1H3,(H,22,25)/t17-/m0/s1. The molecule has 2 aromatic rings. The molecule has 2 amide bonds. The van der Waals surface area contributed by atoms with Gasteiger partial charge in [-0.1, -0.05) is 0 Å². The van der Waals surface area contributed by atoms with Crippen molar-refractivity contribution in [2.24, 2.45) is 0 Å². The Morgan fingerprint density at radius 3 is 2.93 bits per heavy atom. The van der Waals surface area contributed by atoms with Crippen molar-refractivity contribution in [2.45, 2.75) is 45.2 Å². The van der Waals surface area contributed by atoms with Crippen molar-refractivity contribution in [1.29, 1.82) is 0 Å². The molecule has 2 aliphatic rings. The summed E-state index contributed by atoms with van der Waals surface area (Å²) in [7, 11) is 0. The summed E-state index contributed by atoms with van der Waals surface area (Å²) in [4.78, 5) is 19.2. The van der Waals surface area contributed by atoms with Crippen molar-refractivity contribution < 1.29 is 14.3 Å². The van der Waals surface area contributed by atoms with Crippen LogP contribution in [0.1, 0.15) is 31.5 Å². The number of carbonyl (C=O) groups excluding carboxylic acids is 1. The van der Waals surface area contributed by atoms with Gasteiger partial charge < -0.3 is 24.3 Å². The van der Waals surface area contributed by atoms with E-state index in [0.29, 0.717) is 19.0 Å². The molecule has 4 rings (SSSR count). The third-order valence-electron chi connectivity index (χ3n) is 5.31. The van der Waals surface area contributed by atoms with Crippen LogP contribution >= 0.6 is 0 Å². The van der Waals surface area contributed by atoms with E-state index in [0.717, 1.165) is 49.6 Å². The number of fused-ring (bicyclic) bond motifs is 1. The monoisotopic (exact) mass is 370 g/mol. The molecule has 1 aromatic heterocycles. The van der Waals surface area contributed by atoms with E-state index >= 15 is 0 Å². The number of aromatic nitrogens is 2. The Morgan fingerprint density at radius 1 is 1.26 bits per heavy atom. The van der Waals surface area contributed by atoms with Crippen LogP contribution in [0.25, 0.3) is 0 Å². The number of imidazole rings is 1. The summed E-state index contributed by atoms with van der Waals surface area (Å²) < 4.78 is 13.3. The third kappa shape index (κ3) is 4.02. The molecule has 1 aromatic carbocycles. The Balaban J connectivity index is 1.40. The lowest BCUT2D eigenvalue weighted by Gasteiger charge is -2.36. The first-order valence-electron chi connectivity index (χ1n) is 9.66. The molecular formula is C20H26N4O3. The molecule has 3 heterocycles. The number of likely N-dealkylation sites (tertiary alicyclic amines) is 1. The first kappa shape index (κ1) is 17.7. The van der Waals surface area contributed by atoms with Gasteiger partial charge in [0.15, 0.2) is 11.5 Å². The van der Waals surface area contributed by atoms with E-state index in [-0.39, 0.29) is 12.1 Å². The maximum absolute atomic E-state index is 12.9. The van der Waals surface area contributed by atoms with Gasteiger partial charge in [0.1, 0.15) is 19.0 Å². The van der Waals surface area contributed by atoms with E-state index in [1.807, 2.05) is 42.4 Å². The van der Waals surface area contributed by atoms with E-state index in [9.17, 15) is 4.79 Å². The number of hydrogen-bond donors (Lipinski definition) is 1. The summed E-state index contributed by atoms with van der Waals surface area (Å²) >= 11 is 0. The van der Waals surface area contributed by atoms with Crippen LogP contribution < -0.4 is 14.8 Å². The number of rotatable bonds is 4. The minimum absolute atomic E-state index is 0.0428. The van der Waals surface area contributed by atoms with Gasteiger partial charge in [-0.3, -0.25) is 0 Å². The zero-order chi connectivity index (χ0) is 18.6. The molecule has 0 bridgehead atoms. The lowest BCUT2D eigenvalue weighted by molar-refractivity contribution is 0.155. The van der Waals surface area contributed by atoms with Crippen molar-refractivity contribution in [1.82, 2.24) is 14.5 Å². The second kappa shape index (κ2) is 7.90. The van der Waals surface area contributed by atoms with Gasteiger partial charge in [0.2, 0.25) is 0 Å². The highest BCUT2D eigenvalue weighted by Crippen LogP contribution is 2.33. The highest BCUT2D eigenvalue weighted by molar-refractivity contribution is 5.90. The van der Waals surface area contributed by atoms with Gasteiger partial charge >= 0.3 is 6.03 Å². The van der Waals surface area contributed by atoms with Gasteiger partial charge in [-0.15, -0.1) is 0 Å². The number of urea groups is 1. The van der Waals surface area contributed by atoms with Crippen molar-refractivity contribution >= 4 is 11.7 Å². The van der Waals surface area contributed by atoms with Crippen LogP contribution in [0.15, 0.2) is 30.6 Å². The van der Waals surface area contributed by atoms with E-state index in [4.69, 9.17) is 9.47 Å². The number of aryl methyl sites for hydroxylation is 2. The largest absolute Gasteiger partial charge is 0.486 e. The molecule has 0 radical (unpaired) electrons. The summed E-state index contributed by atoms with van der Waals surface area (Å²) in [6, 6.07) is 5.75. The molecule has 144 valence electrons. The highest BCUT2D eigenvalue weighted by Gasteiger charge is 2.27. The highest BCUT2D eigenvalue weighted by atomic mass is 16.6. The normalized spacial score (nSPS) is 19.0. The summed E-state index contributed by atoms with van der Waals surface area (Å²) in [6.45, 7) is 4.78. The van der Waals surface area contributed by atoms with Crippen molar-refractivity contribution in [2.75, 3.05) is 25.1 Å². The fourth-order valence-corrected chi connectivity index (χ4v) is 3.81. The van der Waals surface area contributed by atoms with Crippen LogP contribution in [0.4, 0.5) is 10.5 Å². The summed E-state index contributed by atoms with van der Waals surface area (Å²) in [6.07, 6.45) is 8.02. The Labute approximate surface area is 159 Å². The predicted octanol–water partition coefficient (Wildman–Crippen LogP) is 3.44. The molecule has 7 nitrogen and oxygen atoms in total. The van der Waals surface area contributed by atoms with Crippen LogP contribution in [0.3, 0.4) is 0 Å². The molecular weight excluding hydrogens is 344 g/mol. The Kier molecular flexibility index (Phi) is 5.18. The number of nitrogens with one attached hydrogen (secondary N) is 1. The fraction of sp³-hybridized carbons (Fsp3) is 0.500. The van der Waals surface area contributed by atoms with E-state index in [2.05, 4.69) is 14.9 Å². The van der Waals surface area contributed by atoms with Crippen LogP contribution in [0.2, 0.25) is 0 Å². The average molecular weight is 370 g/mol. The second-order valence-corrected chi connectivity index (χ2v) is 7.09. The van der Waals surface area contributed by atoms with Gasteiger partial charge in [-0.25, -0.2) is 9.78 Å². The third-order valence-corrected chi connectivity index (χ3v) is 5.31. The molecule has 1 atom stereocenters. The molecule has 27 heavy (non-hydrogen) atoms. The zero-order valence-electron chi connectivity index (χ0n) is 15.7. The number of ether oxygens (including phenoxy) is 2. The molecule has 1 fully saturated rings. The summed E-state index contributed by atoms with van der Waals surface area (Å²) in [5.74, 6) is 2.42. The van der Waals surface area contributed by atoms with Crippen molar-refractivity contribution in [3.05, 3.63) is 36.4 Å². The molecule has 1 N–H and O–H groups in total. The molecule has 7 heteroatoms. The summed E-state index contributed by atoms with van der Waals surface area (Å²) in [5, 5.41) is 3.03. The number of hydrogen-bond acceptors (Lipinski definition) is 4. The van der Waals surface area contributed by atoms with Crippen LogP contribution in [-0.4, -0.2) is 46.3 Å². The number of carbonyl (C=O) groups is 1. The molecule has 2 aliphatic heterocycles. The topological polar surface area (TPSA) is 68.6 Å². The molecule has 0 unspecified atom stereocenters. The maximum atomic E-state index is 12.9. The maximum Gasteiger partial charge on any atom is 0.322 e. The minimum atomic E-state index is -0.0428. The zero-order valence-corrected chi connectivity index (χ0v) is 15.7. The molecule has 0 spiro atoms. The van der Waals surface area contributed by atoms with E-state index < -0.39 is 0 Å². The number of benzene rings is 1. The van der Waals surface area contributed by atoms with Gasteiger partial charge in [-0.05, 0) is 44.7 Å². The lowest BCUT2D eigenvalue weighted by Crippen LogP contribution is -2.46. The van der Waals surface area contributed by atoms with Crippen molar-refractivity contribution in [3.63, 3.8) is 0 Å². The molecule has 0 aliphatic carbocycles. The summed E-state index contributed by atoms with van der Waals surface area (Å²) in [5.41, 5.74) is 0.735. The molecule has 0 saturated carbocycles. The van der Waals surface area contributed by atoms with Gasteiger partial charge in [-0.2, -0.15) is 0 Å². The average Bonchev–Trinajstić information content (AvgIpc) is 3.11. The van der Waals surface area contributed by atoms with Gasteiger partial charge in [0.25, 0.3) is 0 Å². The number of nitrogens with zero attached hydrogens (tertiary/aromatic N) is 3. The Bertz CT molecular complexity index is 804. The van der Waals surface area contributed by atoms with E-state index in [1.54, 1.807) is 0 Å². The van der Waals surface area contributed by atoms with E-state index in [1.165, 1.54) is 6.42 Å². The number of anilines is 1. The number of amides is 2. The first-order valence-corrected chi connectivity index (χ1v) is 9.66. The van der Waals surface area contributed by atoms with Crippen LogP contribution in [0.5, 0.6) is 11.5 Å². The Hall–Kier alpha value is -2.70. The van der Waals surface area contributed by atoms with Crippen molar-refractivity contribution in [3.8, 4) is 11.5 Å². The SMILES string of the molecule is Cc1nccn1CC[C@@H]1CCCCN1C(=O)Nc1ccc2c(c1)OCCO2. The van der Waals surface area contributed by atoms with Crippen LogP contribution in [0, 0.1) is 6.92 Å². The minimum Gasteiger partial charge on any atom is -0.486 e. The quantitative estimate of drug-likeness (QED) is 0.895. The predicted molar refractivity (Wildman–Crippen MR) is 102 cm³/mol. The molecule has 1 saturated heterocycles.